The molecule has 0 aromatic carbocycles. The summed E-state index contributed by atoms with van der Waals surface area (Å²) in [5, 5.41) is 2.72. The molecule has 0 aliphatic carbocycles. The molecule has 4 aromatic rings. The smallest absolute Gasteiger partial charge is 0.277 e. The molecule has 4 rings (SSSR count). The molecule has 112 valence electrons. The third kappa shape index (κ3) is 2.57. The number of anilines is 1. The predicted octanol–water partition coefficient (Wildman–Crippen LogP) is 3.24. The van der Waals surface area contributed by atoms with Gasteiger partial charge in [0.2, 0.25) is 0 Å². The van der Waals surface area contributed by atoms with Crippen molar-refractivity contribution in [2.45, 2.75) is 0 Å². The van der Waals surface area contributed by atoms with Gasteiger partial charge in [0.25, 0.3) is 5.91 Å². The molecular formula is C17H12N4O2. The minimum atomic E-state index is -0.299. The third-order valence-electron chi connectivity index (χ3n) is 3.40. The molecule has 0 bridgehead atoms. The molecule has 0 saturated carbocycles. The van der Waals surface area contributed by atoms with E-state index in [1.54, 1.807) is 35.2 Å². The molecule has 1 N–H and O–H groups in total. The quantitative estimate of drug-likeness (QED) is 0.630. The van der Waals surface area contributed by atoms with E-state index < -0.39 is 0 Å². The van der Waals surface area contributed by atoms with Gasteiger partial charge in [0.15, 0.2) is 0 Å². The van der Waals surface area contributed by atoms with E-state index in [0.29, 0.717) is 17.2 Å². The van der Waals surface area contributed by atoms with E-state index in [4.69, 9.17) is 4.42 Å². The molecule has 23 heavy (non-hydrogen) atoms. The van der Waals surface area contributed by atoms with E-state index >= 15 is 0 Å². The molecular weight excluding hydrogens is 292 g/mol. The molecule has 0 spiro atoms. The van der Waals surface area contributed by atoms with Gasteiger partial charge in [-0.1, -0.05) is 6.07 Å². The first-order valence-corrected chi connectivity index (χ1v) is 7.05. The number of rotatable bonds is 3. The zero-order valence-corrected chi connectivity index (χ0v) is 12.0. The van der Waals surface area contributed by atoms with E-state index in [-0.39, 0.29) is 5.91 Å². The number of aromatic nitrogens is 3. The van der Waals surface area contributed by atoms with Gasteiger partial charge in [0.05, 0.1) is 6.26 Å². The summed E-state index contributed by atoms with van der Waals surface area (Å²) < 4.78 is 7.18. The number of hydrogen-bond donors (Lipinski definition) is 1. The van der Waals surface area contributed by atoms with Gasteiger partial charge < -0.3 is 14.1 Å². The Morgan fingerprint density at radius 3 is 2.83 bits per heavy atom. The average Bonchev–Trinajstić information content (AvgIpc) is 3.24. The molecule has 6 heteroatoms. The van der Waals surface area contributed by atoms with Crippen LogP contribution in [-0.2, 0) is 0 Å². The minimum absolute atomic E-state index is 0.299. The number of fused-ring (bicyclic) bond motifs is 1. The lowest BCUT2D eigenvalue weighted by molar-refractivity contribution is 0.102. The fraction of sp³-hybridized carbons (Fsp3) is 0. The van der Waals surface area contributed by atoms with Crippen LogP contribution in [0.5, 0.6) is 0 Å². The van der Waals surface area contributed by atoms with Crippen LogP contribution >= 0.6 is 0 Å². The lowest BCUT2D eigenvalue weighted by Crippen LogP contribution is -2.13. The molecule has 0 radical (unpaired) electrons. The second-order valence-electron chi connectivity index (χ2n) is 4.96. The van der Waals surface area contributed by atoms with Gasteiger partial charge >= 0.3 is 0 Å². The lowest BCUT2D eigenvalue weighted by atomic mass is 10.2. The second-order valence-corrected chi connectivity index (χ2v) is 4.96. The van der Waals surface area contributed by atoms with Crippen molar-refractivity contribution in [3.05, 3.63) is 73.0 Å². The van der Waals surface area contributed by atoms with Crippen molar-refractivity contribution in [2.24, 2.45) is 0 Å². The monoisotopic (exact) mass is 304 g/mol. The summed E-state index contributed by atoms with van der Waals surface area (Å²) >= 11 is 0. The number of hydrogen-bond acceptors (Lipinski definition) is 4. The van der Waals surface area contributed by atoms with E-state index in [9.17, 15) is 4.79 Å². The third-order valence-corrected chi connectivity index (χ3v) is 3.40. The van der Waals surface area contributed by atoms with Crippen molar-refractivity contribution in [2.75, 3.05) is 5.32 Å². The van der Waals surface area contributed by atoms with Crippen LogP contribution in [0.25, 0.3) is 17.0 Å². The lowest BCUT2D eigenvalue weighted by Gasteiger charge is -2.00. The fourth-order valence-corrected chi connectivity index (χ4v) is 2.31. The number of carbonyl (C=O) groups excluding carboxylic acids is 1. The first kappa shape index (κ1) is 13.3. The van der Waals surface area contributed by atoms with Crippen LogP contribution in [0.1, 0.15) is 10.5 Å². The number of nitrogens with one attached hydrogen (secondary N) is 1. The van der Waals surface area contributed by atoms with Crippen LogP contribution in [0.2, 0.25) is 0 Å². The van der Waals surface area contributed by atoms with Crippen LogP contribution in [0.3, 0.4) is 0 Å². The second kappa shape index (κ2) is 5.42. The van der Waals surface area contributed by atoms with Gasteiger partial charge in [-0.2, -0.15) is 0 Å². The molecule has 4 heterocycles. The van der Waals surface area contributed by atoms with Gasteiger partial charge in [-0.25, -0.2) is 9.97 Å². The van der Waals surface area contributed by atoms with Crippen LogP contribution in [0, 0.1) is 0 Å². The maximum atomic E-state index is 12.3. The summed E-state index contributed by atoms with van der Waals surface area (Å²) in [6.45, 7) is 0. The number of carbonyl (C=O) groups is 1. The first-order valence-electron chi connectivity index (χ1n) is 7.05. The van der Waals surface area contributed by atoms with E-state index in [0.717, 1.165) is 11.3 Å². The zero-order valence-electron chi connectivity index (χ0n) is 12.0. The molecule has 4 aromatic heterocycles. The number of imidazole rings is 1. The SMILES string of the molecule is O=C(Nc1ccccn1)c1cn2cc(-c3ccco3)ccc2n1. The van der Waals surface area contributed by atoms with Crippen molar-refractivity contribution in [1.29, 1.82) is 0 Å². The predicted molar refractivity (Wildman–Crippen MR) is 85.1 cm³/mol. The van der Waals surface area contributed by atoms with Crippen molar-refractivity contribution >= 4 is 17.4 Å². The summed E-state index contributed by atoms with van der Waals surface area (Å²) in [4.78, 5) is 20.6. The number of pyridine rings is 2. The highest BCUT2D eigenvalue weighted by Crippen LogP contribution is 2.20. The summed E-state index contributed by atoms with van der Waals surface area (Å²) in [6.07, 6.45) is 6.80. The number of nitrogens with zero attached hydrogens (tertiary/aromatic N) is 3. The van der Waals surface area contributed by atoms with Crippen molar-refractivity contribution in [3.8, 4) is 11.3 Å². The molecule has 1 amide bonds. The topological polar surface area (TPSA) is 72.4 Å². The summed E-state index contributed by atoms with van der Waals surface area (Å²) in [7, 11) is 0. The van der Waals surface area contributed by atoms with Crippen molar-refractivity contribution in [3.63, 3.8) is 0 Å². The van der Waals surface area contributed by atoms with Crippen LogP contribution < -0.4 is 5.32 Å². The minimum Gasteiger partial charge on any atom is -0.464 e. The van der Waals surface area contributed by atoms with Crippen molar-refractivity contribution < 1.29 is 9.21 Å². The Kier molecular flexibility index (Phi) is 3.12. The van der Waals surface area contributed by atoms with E-state index in [1.807, 2.05) is 36.5 Å². The Hall–Kier alpha value is -3.41. The highest BCUT2D eigenvalue weighted by Gasteiger charge is 2.12. The fourth-order valence-electron chi connectivity index (χ4n) is 2.31. The van der Waals surface area contributed by atoms with Gasteiger partial charge in [0, 0.05) is 24.2 Å². The molecule has 0 unspecified atom stereocenters. The Morgan fingerprint density at radius 1 is 1.09 bits per heavy atom. The van der Waals surface area contributed by atoms with Crippen LogP contribution in [0.4, 0.5) is 5.82 Å². The maximum Gasteiger partial charge on any atom is 0.277 e. The van der Waals surface area contributed by atoms with Crippen LogP contribution in [-0.4, -0.2) is 20.3 Å². The number of amides is 1. The highest BCUT2D eigenvalue weighted by atomic mass is 16.3. The average molecular weight is 304 g/mol. The van der Waals surface area contributed by atoms with E-state index in [2.05, 4.69) is 15.3 Å². The van der Waals surface area contributed by atoms with Gasteiger partial charge in [0.1, 0.15) is 22.9 Å². The zero-order chi connectivity index (χ0) is 15.6. The van der Waals surface area contributed by atoms with Crippen molar-refractivity contribution in [1.82, 2.24) is 14.4 Å². The summed E-state index contributed by atoms with van der Waals surface area (Å²) in [5.41, 5.74) is 1.93. The molecule has 0 fully saturated rings. The maximum absolute atomic E-state index is 12.3. The van der Waals surface area contributed by atoms with Gasteiger partial charge in [-0.05, 0) is 36.4 Å². The summed E-state index contributed by atoms with van der Waals surface area (Å²) in [6, 6.07) is 12.8. The number of furan rings is 1. The highest BCUT2D eigenvalue weighted by molar-refractivity contribution is 6.02. The Morgan fingerprint density at radius 2 is 2.04 bits per heavy atom. The summed E-state index contributed by atoms with van der Waals surface area (Å²) in [5.74, 6) is 0.956. The molecule has 0 aliphatic rings. The molecule has 0 saturated heterocycles. The van der Waals surface area contributed by atoms with E-state index in [1.165, 1.54) is 0 Å². The van der Waals surface area contributed by atoms with Gasteiger partial charge in [-0.3, -0.25) is 4.79 Å². The standard InChI is InChI=1S/C17H12N4O2/c22-17(20-15-5-1-2-8-18-15)13-11-21-10-12(6-7-16(21)19-13)14-4-3-9-23-14/h1-11H,(H,18,20,22). The first-order chi connectivity index (χ1) is 11.3. The Balaban J connectivity index is 1.65. The Bertz CT molecular complexity index is 959. The largest absolute Gasteiger partial charge is 0.464 e. The molecule has 0 atom stereocenters. The van der Waals surface area contributed by atoms with Crippen LogP contribution in [0.15, 0.2) is 71.7 Å². The molecule has 0 aliphatic heterocycles. The van der Waals surface area contributed by atoms with Gasteiger partial charge in [-0.15, -0.1) is 0 Å². The molecule has 6 nitrogen and oxygen atoms in total. The Labute approximate surface area is 131 Å². The normalized spacial score (nSPS) is 10.8.